The summed E-state index contributed by atoms with van der Waals surface area (Å²) in [5.74, 6) is -0.283. The summed E-state index contributed by atoms with van der Waals surface area (Å²) in [6, 6.07) is 10.8. The third-order valence-corrected chi connectivity index (χ3v) is 5.12. The second kappa shape index (κ2) is 9.75. The van der Waals surface area contributed by atoms with E-state index >= 15 is 0 Å². The molecule has 3 rings (SSSR count). The van der Waals surface area contributed by atoms with E-state index in [1.165, 1.54) is 18.2 Å². The van der Waals surface area contributed by atoms with E-state index in [9.17, 15) is 24.4 Å². The van der Waals surface area contributed by atoms with Gasteiger partial charge in [-0.3, -0.25) is 9.59 Å². The topological polar surface area (TPSA) is 110 Å². The lowest BCUT2D eigenvalue weighted by molar-refractivity contribution is 0.0762. The van der Waals surface area contributed by atoms with Gasteiger partial charge in [0, 0.05) is 48.0 Å². The number of aldehydes is 1. The Morgan fingerprint density at radius 3 is 2.47 bits per heavy atom. The predicted octanol–water partition coefficient (Wildman–Crippen LogP) is 1.21. The monoisotopic (exact) mass is 429 g/mol. The Morgan fingerprint density at radius 2 is 1.77 bits per heavy atom. The van der Waals surface area contributed by atoms with Gasteiger partial charge in [0.15, 0.2) is 0 Å². The van der Waals surface area contributed by atoms with Crippen LogP contribution in [0.1, 0.15) is 27.1 Å². The van der Waals surface area contributed by atoms with Crippen LogP contribution < -0.4 is 10.8 Å². The number of nitrogens with one attached hydrogen (secondary N) is 1. The Morgan fingerprint density at radius 1 is 1.03 bits per heavy atom. The molecule has 1 saturated heterocycles. The van der Waals surface area contributed by atoms with Crippen molar-refractivity contribution in [2.75, 3.05) is 31.5 Å². The summed E-state index contributed by atoms with van der Waals surface area (Å²) >= 11 is 5.94. The van der Waals surface area contributed by atoms with Crippen molar-refractivity contribution >= 4 is 48.1 Å². The minimum Gasteiger partial charge on any atom is -0.423 e. The average Bonchev–Trinajstić information content (AvgIpc) is 2.99. The number of carbonyl (C=O) groups is 3. The van der Waals surface area contributed by atoms with Gasteiger partial charge in [-0.15, -0.1) is 0 Å². The SMILES string of the molecule is O=Cc1cc(C(=O)N2CCCN(C(=O)Nc3cccc(Cl)c3)CC2)ccc1B(O)O. The summed E-state index contributed by atoms with van der Waals surface area (Å²) in [7, 11) is -1.79. The minimum absolute atomic E-state index is 0.0428. The molecule has 0 atom stereocenters. The van der Waals surface area contributed by atoms with Gasteiger partial charge in [0.25, 0.3) is 5.91 Å². The summed E-state index contributed by atoms with van der Waals surface area (Å²) in [4.78, 5) is 39.9. The van der Waals surface area contributed by atoms with Crippen LogP contribution in [0.5, 0.6) is 0 Å². The summed E-state index contributed by atoms with van der Waals surface area (Å²) in [6.45, 7) is 1.64. The molecule has 8 nitrogen and oxygen atoms in total. The molecule has 156 valence electrons. The molecule has 1 aliphatic rings. The highest BCUT2D eigenvalue weighted by Gasteiger charge is 2.24. The first kappa shape index (κ1) is 21.8. The molecule has 2 aromatic carbocycles. The number of halogens is 1. The second-order valence-corrected chi connectivity index (χ2v) is 7.34. The predicted molar refractivity (Wildman–Crippen MR) is 114 cm³/mol. The molecule has 0 unspecified atom stereocenters. The largest absolute Gasteiger partial charge is 0.489 e. The van der Waals surface area contributed by atoms with Crippen LogP contribution in [0.3, 0.4) is 0 Å². The molecule has 0 saturated carbocycles. The zero-order valence-electron chi connectivity index (χ0n) is 16.1. The standard InChI is InChI=1S/C20H21BClN3O5/c22-16-3-1-4-17(12-16)23-20(28)25-8-2-7-24(9-10-25)19(27)14-5-6-18(21(29)30)15(11-14)13-26/h1,3-6,11-13,29-30H,2,7-10H2,(H,23,28). The highest BCUT2D eigenvalue weighted by Crippen LogP contribution is 2.16. The molecule has 2 aromatic rings. The lowest BCUT2D eigenvalue weighted by Crippen LogP contribution is -2.39. The number of hydrogen-bond acceptors (Lipinski definition) is 5. The number of rotatable bonds is 4. The van der Waals surface area contributed by atoms with E-state index in [0.717, 1.165) is 0 Å². The van der Waals surface area contributed by atoms with Gasteiger partial charge in [0.2, 0.25) is 0 Å². The van der Waals surface area contributed by atoms with Crippen LogP contribution in [0.4, 0.5) is 10.5 Å². The van der Waals surface area contributed by atoms with Gasteiger partial charge in [-0.05, 0) is 42.2 Å². The molecular weight excluding hydrogens is 409 g/mol. The second-order valence-electron chi connectivity index (χ2n) is 6.91. The third kappa shape index (κ3) is 5.18. The first-order valence-electron chi connectivity index (χ1n) is 9.45. The van der Waals surface area contributed by atoms with Gasteiger partial charge in [0.1, 0.15) is 6.29 Å². The van der Waals surface area contributed by atoms with Crippen molar-refractivity contribution in [2.24, 2.45) is 0 Å². The van der Waals surface area contributed by atoms with Crippen molar-refractivity contribution in [3.8, 4) is 0 Å². The normalized spacial score (nSPS) is 14.1. The van der Waals surface area contributed by atoms with Crippen molar-refractivity contribution in [2.45, 2.75) is 6.42 Å². The zero-order valence-corrected chi connectivity index (χ0v) is 16.9. The van der Waals surface area contributed by atoms with E-state index in [-0.39, 0.29) is 28.5 Å². The fraction of sp³-hybridized carbons (Fsp3) is 0.250. The van der Waals surface area contributed by atoms with Gasteiger partial charge < -0.3 is 25.2 Å². The van der Waals surface area contributed by atoms with Crippen LogP contribution in [0.25, 0.3) is 0 Å². The highest BCUT2D eigenvalue weighted by molar-refractivity contribution is 6.60. The Balaban J connectivity index is 1.65. The number of anilines is 1. The number of urea groups is 1. The molecule has 0 radical (unpaired) electrons. The van der Waals surface area contributed by atoms with Crippen LogP contribution in [0.15, 0.2) is 42.5 Å². The minimum atomic E-state index is -1.79. The van der Waals surface area contributed by atoms with Crippen LogP contribution in [0.2, 0.25) is 5.02 Å². The van der Waals surface area contributed by atoms with Gasteiger partial charge in [0.05, 0.1) is 0 Å². The highest BCUT2D eigenvalue weighted by atomic mass is 35.5. The number of benzene rings is 2. The fourth-order valence-electron chi connectivity index (χ4n) is 3.32. The molecule has 1 fully saturated rings. The van der Waals surface area contributed by atoms with Gasteiger partial charge in [-0.25, -0.2) is 4.79 Å². The van der Waals surface area contributed by atoms with Crippen LogP contribution in [-0.4, -0.2) is 71.4 Å². The number of nitrogens with zero attached hydrogens (tertiary/aromatic N) is 2. The maximum Gasteiger partial charge on any atom is 0.489 e. The fourth-order valence-corrected chi connectivity index (χ4v) is 3.51. The molecule has 0 aromatic heterocycles. The molecule has 10 heteroatoms. The summed E-state index contributed by atoms with van der Waals surface area (Å²) in [6.07, 6.45) is 1.08. The zero-order chi connectivity index (χ0) is 21.7. The van der Waals surface area contributed by atoms with Crippen molar-refractivity contribution in [3.63, 3.8) is 0 Å². The van der Waals surface area contributed by atoms with E-state index in [1.807, 2.05) is 0 Å². The van der Waals surface area contributed by atoms with Crippen LogP contribution in [-0.2, 0) is 0 Å². The van der Waals surface area contributed by atoms with E-state index in [4.69, 9.17) is 11.6 Å². The lowest BCUT2D eigenvalue weighted by Gasteiger charge is -2.23. The molecule has 30 heavy (non-hydrogen) atoms. The van der Waals surface area contributed by atoms with Crippen molar-refractivity contribution in [1.82, 2.24) is 9.80 Å². The molecule has 3 N–H and O–H groups in total. The van der Waals surface area contributed by atoms with Crippen molar-refractivity contribution in [1.29, 1.82) is 0 Å². The van der Waals surface area contributed by atoms with Gasteiger partial charge >= 0.3 is 13.1 Å². The summed E-state index contributed by atoms with van der Waals surface area (Å²) in [5.41, 5.74) is 0.963. The molecule has 1 aliphatic heterocycles. The smallest absolute Gasteiger partial charge is 0.423 e. The maximum atomic E-state index is 12.9. The van der Waals surface area contributed by atoms with E-state index in [2.05, 4.69) is 5.32 Å². The third-order valence-electron chi connectivity index (χ3n) is 4.89. The maximum absolute atomic E-state index is 12.9. The van der Waals surface area contributed by atoms with Crippen molar-refractivity contribution in [3.05, 3.63) is 58.6 Å². The first-order valence-corrected chi connectivity index (χ1v) is 9.83. The van der Waals surface area contributed by atoms with Crippen molar-refractivity contribution < 1.29 is 24.4 Å². The van der Waals surface area contributed by atoms with Gasteiger partial charge in [-0.1, -0.05) is 23.7 Å². The molecule has 0 bridgehead atoms. The Labute approximate surface area is 179 Å². The quantitative estimate of drug-likeness (QED) is 0.500. The molecule has 0 spiro atoms. The molecule has 0 aliphatic carbocycles. The van der Waals surface area contributed by atoms with Gasteiger partial charge in [-0.2, -0.15) is 0 Å². The Kier molecular flexibility index (Phi) is 7.09. The van der Waals surface area contributed by atoms with E-state index in [0.29, 0.717) is 49.6 Å². The van der Waals surface area contributed by atoms with Crippen LogP contribution in [0, 0.1) is 0 Å². The molecule has 1 heterocycles. The number of hydrogen-bond donors (Lipinski definition) is 3. The Bertz CT molecular complexity index is 956. The number of carbonyl (C=O) groups excluding carboxylic acids is 3. The summed E-state index contributed by atoms with van der Waals surface area (Å²) in [5, 5.41) is 21.9. The van der Waals surface area contributed by atoms with Crippen LogP contribution >= 0.6 is 11.6 Å². The lowest BCUT2D eigenvalue weighted by atomic mass is 9.77. The molecule has 3 amide bonds. The number of amides is 3. The summed E-state index contributed by atoms with van der Waals surface area (Å²) < 4.78 is 0. The van der Waals surface area contributed by atoms with E-state index < -0.39 is 7.12 Å². The van der Waals surface area contributed by atoms with E-state index in [1.54, 1.807) is 34.1 Å². The molecular formula is C20H21BClN3O5. The average molecular weight is 430 g/mol. The Hall–Kier alpha value is -2.88. The first-order chi connectivity index (χ1) is 14.4.